The fourth-order valence-corrected chi connectivity index (χ4v) is 1.90. The molecule has 2 aromatic carbocycles. The Morgan fingerprint density at radius 2 is 1.52 bits per heavy atom. The van der Waals surface area contributed by atoms with Gasteiger partial charge in [0.2, 0.25) is 0 Å². The van der Waals surface area contributed by atoms with Gasteiger partial charge in [0.15, 0.2) is 0 Å². The van der Waals surface area contributed by atoms with Gasteiger partial charge < -0.3 is 0 Å². The smallest absolute Gasteiger partial charge is 0.267 e. The summed E-state index contributed by atoms with van der Waals surface area (Å²) in [5, 5.41) is 14.1. The van der Waals surface area contributed by atoms with Gasteiger partial charge in [-0.15, -0.1) is 0 Å². The molecule has 23 heavy (non-hydrogen) atoms. The first-order valence-corrected chi connectivity index (χ1v) is 7.30. The summed E-state index contributed by atoms with van der Waals surface area (Å²) >= 11 is 11.6. The predicted octanol–water partition coefficient (Wildman–Crippen LogP) is 4.05. The maximum Gasteiger partial charge on any atom is 0.282 e. The normalized spacial score (nSPS) is 11.3. The zero-order chi connectivity index (χ0) is 16.7. The summed E-state index contributed by atoms with van der Waals surface area (Å²) in [4.78, 5) is 11.9. The Bertz CT molecular complexity index is 788. The molecule has 0 bridgehead atoms. The molecule has 6 heteroatoms. The van der Waals surface area contributed by atoms with E-state index in [0.29, 0.717) is 15.6 Å². The van der Waals surface area contributed by atoms with E-state index < -0.39 is 5.91 Å². The third-order valence-electron chi connectivity index (χ3n) is 2.80. The molecule has 0 aliphatic rings. The van der Waals surface area contributed by atoms with Gasteiger partial charge >= 0.3 is 0 Å². The molecule has 0 fully saturated rings. The highest BCUT2D eigenvalue weighted by Crippen LogP contribution is 2.12. The lowest BCUT2D eigenvalue weighted by atomic mass is 10.1. The van der Waals surface area contributed by atoms with Gasteiger partial charge in [0.1, 0.15) is 11.6 Å². The molecule has 0 spiro atoms. The Hall–Kier alpha value is -2.61. The summed E-state index contributed by atoms with van der Waals surface area (Å²) < 4.78 is 0. The monoisotopic (exact) mass is 343 g/mol. The third-order valence-corrected chi connectivity index (χ3v) is 3.30. The molecule has 0 aliphatic heterocycles. The minimum atomic E-state index is -0.590. The van der Waals surface area contributed by atoms with Gasteiger partial charge in [0.05, 0.1) is 6.21 Å². The number of nitriles is 1. The van der Waals surface area contributed by atoms with Crippen molar-refractivity contribution in [1.29, 1.82) is 5.26 Å². The minimum Gasteiger partial charge on any atom is -0.267 e. The number of hydrogen-bond acceptors (Lipinski definition) is 3. The van der Waals surface area contributed by atoms with Crippen LogP contribution in [0.2, 0.25) is 10.0 Å². The number of rotatable bonds is 4. The molecular formula is C17H11Cl2N3O. The van der Waals surface area contributed by atoms with Crippen LogP contribution in [0.3, 0.4) is 0 Å². The number of hydrazone groups is 1. The van der Waals surface area contributed by atoms with Crippen molar-refractivity contribution in [3.05, 3.63) is 75.3 Å². The van der Waals surface area contributed by atoms with Crippen LogP contribution in [0.4, 0.5) is 0 Å². The lowest BCUT2D eigenvalue weighted by Crippen LogP contribution is -2.18. The zero-order valence-electron chi connectivity index (χ0n) is 11.8. The Morgan fingerprint density at radius 1 is 1.00 bits per heavy atom. The molecule has 0 atom stereocenters. The lowest BCUT2D eigenvalue weighted by Gasteiger charge is -1.99. The van der Waals surface area contributed by atoms with Crippen LogP contribution >= 0.6 is 23.2 Å². The number of nitrogens with one attached hydrogen (secondary N) is 1. The van der Waals surface area contributed by atoms with E-state index in [1.807, 2.05) is 6.07 Å². The van der Waals surface area contributed by atoms with Crippen LogP contribution in [0.5, 0.6) is 0 Å². The molecule has 114 valence electrons. The number of amides is 1. The largest absolute Gasteiger partial charge is 0.282 e. The average Bonchev–Trinajstić information content (AvgIpc) is 2.56. The Morgan fingerprint density at radius 3 is 2.04 bits per heavy atom. The summed E-state index contributed by atoms with van der Waals surface area (Å²) in [6, 6.07) is 15.6. The number of nitrogens with zero attached hydrogens (tertiary/aromatic N) is 2. The van der Waals surface area contributed by atoms with E-state index in [1.54, 1.807) is 48.5 Å². The first kappa shape index (κ1) is 16.8. The van der Waals surface area contributed by atoms with Crippen LogP contribution in [-0.2, 0) is 4.79 Å². The van der Waals surface area contributed by atoms with Gasteiger partial charge in [-0.1, -0.05) is 47.5 Å². The topological polar surface area (TPSA) is 65.2 Å². The van der Waals surface area contributed by atoms with Gasteiger partial charge in [-0.25, -0.2) is 5.43 Å². The zero-order valence-corrected chi connectivity index (χ0v) is 13.3. The number of hydrogen-bond donors (Lipinski definition) is 1. The Labute approximate surface area is 143 Å². The van der Waals surface area contributed by atoms with E-state index in [4.69, 9.17) is 28.5 Å². The van der Waals surface area contributed by atoms with Gasteiger partial charge in [-0.05, 0) is 41.5 Å². The second kappa shape index (κ2) is 8.14. The maximum absolute atomic E-state index is 11.9. The van der Waals surface area contributed by atoms with Gasteiger partial charge in [0.25, 0.3) is 5.91 Å². The first-order chi connectivity index (χ1) is 11.1. The summed E-state index contributed by atoms with van der Waals surface area (Å²) in [6.07, 6.45) is 2.93. The molecule has 0 radical (unpaired) electrons. The minimum absolute atomic E-state index is 0.0550. The Kier molecular flexibility index (Phi) is 5.93. The summed E-state index contributed by atoms with van der Waals surface area (Å²) in [5.74, 6) is -0.590. The predicted molar refractivity (Wildman–Crippen MR) is 92.2 cm³/mol. The molecular weight excluding hydrogens is 333 g/mol. The van der Waals surface area contributed by atoms with Crippen molar-refractivity contribution < 1.29 is 4.79 Å². The van der Waals surface area contributed by atoms with Gasteiger partial charge in [0, 0.05) is 10.0 Å². The van der Waals surface area contributed by atoms with Crippen molar-refractivity contribution in [1.82, 2.24) is 5.43 Å². The fraction of sp³-hybridized carbons (Fsp3) is 0. The average molecular weight is 344 g/mol. The summed E-state index contributed by atoms with van der Waals surface area (Å²) in [5.41, 5.74) is 3.72. The standard InChI is InChI=1S/C17H11Cl2N3O/c18-15-5-1-12(2-6-15)9-14(10-20)17(23)22-21-11-13-3-7-16(19)8-4-13/h1-9,11H,(H,22,23)/b14-9-,21-11+. The van der Waals surface area contributed by atoms with Crippen LogP contribution in [0, 0.1) is 11.3 Å². The molecule has 1 N–H and O–H groups in total. The van der Waals surface area contributed by atoms with E-state index in [-0.39, 0.29) is 5.57 Å². The number of carbonyl (C=O) groups excluding carboxylic acids is 1. The number of carbonyl (C=O) groups is 1. The van der Waals surface area contributed by atoms with Gasteiger partial charge in [-0.2, -0.15) is 10.4 Å². The Balaban J connectivity index is 2.04. The molecule has 1 amide bonds. The van der Waals surface area contributed by atoms with E-state index in [9.17, 15) is 4.79 Å². The van der Waals surface area contributed by atoms with Crippen molar-refractivity contribution in [3.8, 4) is 6.07 Å². The van der Waals surface area contributed by atoms with Crippen molar-refractivity contribution in [3.63, 3.8) is 0 Å². The van der Waals surface area contributed by atoms with Crippen LogP contribution in [0.1, 0.15) is 11.1 Å². The second-order valence-corrected chi connectivity index (χ2v) is 5.34. The fourth-order valence-electron chi connectivity index (χ4n) is 1.65. The van der Waals surface area contributed by atoms with Crippen LogP contribution in [0.15, 0.2) is 59.2 Å². The highest BCUT2D eigenvalue weighted by atomic mass is 35.5. The highest BCUT2D eigenvalue weighted by molar-refractivity contribution is 6.30. The highest BCUT2D eigenvalue weighted by Gasteiger charge is 2.07. The molecule has 0 unspecified atom stereocenters. The van der Waals surface area contributed by atoms with Crippen molar-refractivity contribution in [2.24, 2.45) is 5.10 Å². The van der Waals surface area contributed by atoms with Crippen LogP contribution in [-0.4, -0.2) is 12.1 Å². The summed E-state index contributed by atoms with van der Waals surface area (Å²) in [7, 11) is 0. The van der Waals surface area contributed by atoms with Crippen molar-refractivity contribution >= 4 is 41.4 Å². The van der Waals surface area contributed by atoms with E-state index in [2.05, 4.69) is 10.5 Å². The van der Waals surface area contributed by atoms with Gasteiger partial charge in [-0.3, -0.25) is 4.79 Å². The molecule has 2 aromatic rings. The molecule has 0 heterocycles. The third kappa shape index (κ3) is 5.26. The molecule has 4 nitrogen and oxygen atoms in total. The SMILES string of the molecule is N#C/C(=C/c1ccc(Cl)cc1)C(=O)N/N=C/c1ccc(Cl)cc1. The first-order valence-electron chi connectivity index (χ1n) is 6.55. The molecule has 0 saturated carbocycles. The lowest BCUT2D eigenvalue weighted by molar-refractivity contribution is -0.117. The second-order valence-electron chi connectivity index (χ2n) is 4.47. The quantitative estimate of drug-likeness (QED) is 0.394. The van der Waals surface area contributed by atoms with Crippen molar-refractivity contribution in [2.45, 2.75) is 0 Å². The molecule has 0 saturated heterocycles. The maximum atomic E-state index is 11.9. The number of halogens is 2. The van der Waals surface area contributed by atoms with Crippen LogP contribution < -0.4 is 5.43 Å². The van der Waals surface area contributed by atoms with E-state index in [1.165, 1.54) is 12.3 Å². The molecule has 0 aromatic heterocycles. The molecule has 2 rings (SSSR count). The molecule has 0 aliphatic carbocycles. The van der Waals surface area contributed by atoms with E-state index in [0.717, 1.165) is 5.56 Å². The summed E-state index contributed by atoms with van der Waals surface area (Å²) in [6.45, 7) is 0. The van der Waals surface area contributed by atoms with E-state index >= 15 is 0 Å². The van der Waals surface area contributed by atoms with Crippen LogP contribution in [0.25, 0.3) is 6.08 Å². The number of benzene rings is 2. The van der Waals surface area contributed by atoms with Crippen molar-refractivity contribution in [2.75, 3.05) is 0 Å².